The lowest BCUT2D eigenvalue weighted by atomic mass is 9.69. The van der Waals surface area contributed by atoms with E-state index in [2.05, 4.69) is 27.7 Å². The van der Waals surface area contributed by atoms with Crippen molar-refractivity contribution in [1.82, 2.24) is 0 Å². The fraction of sp³-hybridized carbons (Fsp3) is 1.00. The molecule has 0 amide bonds. The van der Waals surface area contributed by atoms with Crippen molar-refractivity contribution < 1.29 is 5.06 Å². The number of nitrogens with one attached hydrogen (secondary N) is 1. The second-order valence-electron chi connectivity index (χ2n) is 4.79. The summed E-state index contributed by atoms with van der Waals surface area (Å²) in [6.07, 6.45) is 2.26. The number of hydrogen-bond acceptors (Lipinski definition) is 1. The summed E-state index contributed by atoms with van der Waals surface area (Å²) < 4.78 is 0. The van der Waals surface area contributed by atoms with Crippen LogP contribution >= 0.6 is 0 Å². The van der Waals surface area contributed by atoms with Crippen molar-refractivity contribution in [2.75, 3.05) is 6.54 Å². The van der Waals surface area contributed by atoms with Gasteiger partial charge in [-0.3, -0.25) is 0 Å². The molecule has 1 aliphatic rings. The maximum atomic E-state index is 11.5. The average molecular weight is 157 g/mol. The zero-order valence-electron chi connectivity index (χ0n) is 8.03. The first-order valence-electron chi connectivity index (χ1n) is 4.41. The molecule has 1 saturated heterocycles. The standard InChI is InChI=1S/C9H19NO/c1-8(2)6-5-7-10(11)9(8,3)4/h10H,5-7H2,1-4H3. The van der Waals surface area contributed by atoms with Crippen LogP contribution < -0.4 is 5.06 Å². The Bertz CT molecular complexity index is 152. The van der Waals surface area contributed by atoms with Gasteiger partial charge in [-0.15, -0.1) is 0 Å². The van der Waals surface area contributed by atoms with E-state index >= 15 is 0 Å². The Hall–Kier alpha value is -0.0800. The first-order valence-corrected chi connectivity index (χ1v) is 4.41. The minimum Gasteiger partial charge on any atom is -0.634 e. The molecule has 2 nitrogen and oxygen atoms in total. The van der Waals surface area contributed by atoms with Gasteiger partial charge < -0.3 is 10.3 Å². The molecule has 1 fully saturated rings. The van der Waals surface area contributed by atoms with Crippen molar-refractivity contribution in [2.45, 2.75) is 46.1 Å². The molecule has 1 atom stereocenters. The summed E-state index contributed by atoms with van der Waals surface area (Å²) in [4.78, 5) is 0. The largest absolute Gasteiger partial charge is 0.634 e. The van der Waals surface area contributed by atoms with E-state index in [4.69, 9.17) is 0 Å². The van der Waals surface area contributed by atoms with Crippen LogP contribution in [0.1, 0.15) is 40.5 Å². The molecule has 1 rings (SSSR count). The van der Waals surface area contributed by atoms with Crippen molar-refractivity contribution in [3.63, 3.8) is 0 Å². The molecule has 2 heteroatoms. The summed E-state index contributed by atoms with van der Waals surface area (Å²) in [6.45, 7) is 9.34. The first kappa shape index (κ1) is 9.01. The number of hydroxylamine groups is 2. The molecule has 0 bridgehead atoms. The van der Waals surface area contributed by atoms with Crippen LogP contribution in [-0.2, 0) is 0 Å². The predicted molar refractivity (Wildman–Crippen MR) is 46.3 cm³/mol. The lowest BCUT2D eigenvalue weighted by Gasteiger charge is -2.52. The van der Waals surface area contributed by atoms with Crippen LogP contribution in [0.3, 0.4) is 0 Å². The molecule has 1 aliphatic heterocycles. The number of quaternary nitrogens is 1. The van der Waals surface area contributed by atoms with Crippen LogP contribution in [0.2, 0.25) is 0 Å². The topological polar surface area (TPSA) is 27.5 Å². The summed E-state index contributed by atoms with van der Waals surface area (Å²) >= 11 is 0. The molecular weight excluding hydrogens is 138 g/mol. The Morgan fingerprint density at radius 2 is 1.73 bits per heavy atom. The third kappa shape index (κ3) is 1.30. The first-order chi connectivity index (χ1) is 4.88. The van der Waals surface area contributed by atoms with E-state index in [9.17, 15) is 5.21 Å². The minimum absolute atomic E-state index is 0.106. The van der Waals surface area contributed by atoms with E-state index in [0.29, 0.717) is 5.06 Å². The zero-order valence-corrected chi connectivity index (χ0v) is 8.03. The van der Waals surface area contributed by atoms with Gasteiger partial charge in [0.05, 0.1) is 12.1 Å². The fourth-order valence-electron chi connectivity index (χ4n) is 1.69. The summed E-state index contributed by atoms with van der Waals surface area (Å²) in [7, 11) is 0. The van der Waals surface area contributed by atoms with Crippen LogP contribution in [0.15, 0.2) is 0 Å². The van der Waals surface area contributed by atoms with Gasteiger partial charge >= 0.3 is 0 Å². The maximum Gasteiger partial charge on any atom is 0.0968 e. The van der Waals surface area contributed by atoms with Crippen LogP contribution in [0.5, 0.6) is 0 Å². The molecular formula is C9H19NO. The highest BCUT2D eigenvalue weighted by molar-refractivity contribution is 4.88. The number of piperidine rings is 1. The summed E-state index contributed by atoms with van der Waals surface area (Å²) in [5.74, 6) is 0. The van der Waals surface area contributed by atoms with Gasteiger partial charge in [0.1, 0.15) is 0 Å². The molecule has 0 aromatic heterocycles. The van der Waals surface area contributed by atoms with E-state index in [1.54, 1.807) is 0 Å². The second kappa shape index (κ2) is 2.46. The fourth-order valence-corrected chi connectivity index (χ4v) is 1.69. The van der Waals surface area contributed by atoms with Crippen molar-refractivity contribution >= 4 is 0 Å². The van der Waals surface area contributed by atoms with E-state index in [0.717, 1.165) is 13.0 Å². The highest BCUT2D eigenvalue weighted by atomic mass is 16.5. The molecule has 1 N–H and O–H groups in total. The monoisotopic (exact) mass is 157 g/mol. The molecule has 1 unspecified atom stereocenters. The SMILES string of the molecule is CC1(C)CCC[NH+]([O-])C1(C)C. The molecule has 0 aromatic rings. The van der Waals surface area contributed by atoms with E-state index in [-0.39, 0.29) is 11.0 Å². The van der Waals surface area contributed by atoms with Crippen molar-refractivity contribution in [3.8, 4) is 0 Å². The summed E-state index contributed by atoms with van der Waals surface area (Å²) in [5.41, 5.74) is 0.0909. The van der Waals surface area contributed by atoms with Gasteiger partial charge in [-0.05, 0) is 26.7 Å². The predicted octanol–water partition coefficient (Wildman–Crippen LogP) is 0.968. The van der Waals surface area contributed by atoms with Gasteiger partial charge in [-0.1, -0.05) is 13.8 Å². The van der Waals surface area contributed by atoms with Crippen LogP contribution in [0, 0.1) is 10.6 Å². The lowest BCUT2D eigenvalue weighted by molar-refractivity contribution is -0.917. The van der Waals surface area contributed by atoms with E-state index in [1.165, 1.54) is 6.42 Å². The van der Waals surface area contributed by atoms with Crippen molar-refractivity contribution in [3.05, 3.63) is 5.21 Å². The summed E-state index contributed by atoms with van der Waals surface area (Å²) in [6, 6.07) is 0. The number of hydrogen-bond donors (Lipinski definition) is 1. The van der Waals surface area contributed by atoms with Gasteiger partial charge in [-0.2, -0.15) is 0 Å². The van der Waals surface area contributed by atoms with Crippen molar-refractivity contribution in [2.24, 2.45) is 5.41 Å². The highest BCUT2D eigenvalue weighted by Crippen LogP contribution is 2.34. The third-order valence-corrected chi connectivity index (χ3v) is 3.59. The normalized spacial score (nSPS) is 35.2. The molecule has 11 heavy (non-hydrogen) atoms. The molecule has 66 valence electrons. The average Bonchev–Trinajstić information content (AvgIpc) is 1.84. The molecule has 0 aromatic carbocycles. The molecule has 0 spiro atoms. The molecule has 0 aliphatic carbocycles. The third-order valence-electron chi connectivity index (χ3n) is 3.59. The Kier molecular flexibility index (Phi) is 2.01. The Morgan fingerprint density at radius 3 is 2.09 bits per heavy atom. The minimum atomic E-state index is -0.106. The lowest BCUT2D eigenvalue weighted by Crippen LogP contribution is -3.18. The van der Waals surface area contributed by atoms with Gasteiger partial charge in [0.15, 0.2) is 0 Å². The molecule has 0 radical (unpaired) electrons. The van der Waals surface area contributed by atoms with Crippen LogP contribution in [0.4, 0.5) is 0 Å². The second-order valence-corrected chi connectivity index (χ2v) is 4.79. The van der Waals surface area contributed by atoms with Crippen LogP contribution in [0.25, 0.3) is 0 Å². The summed E-state index contributed by atoms with van der Waals surface area (Å²) in [5, 5.41) is 12.0. The zero-order chi connectivity index (χ0) is 8.70. The number of rotatable bonds is 0. The van der Waals surface area contributed by atoms with Crippen LogP contribution in [-0.4, -0.2) is 12.1 Å². The highest BCUT2D eigenvalue weighted by Gasteiger charge is 2.44. The quantitative estimate of drug-likeness (QED) is 0.521. The maximum absolute atomic E-state index is 11.5. The smallest absolute Gasteiger partial charge is 0.0968 e. The Morgan fingerprint density at radius 1 is 1.18 bits per heavy atom. The van der Waals surface area contributed by atoms with E-state index in [1.807, 2.05) is 0 Å². The Balaban J connectivity index is 2.82. The molecule has 1 heterocycles. The van der Waals surface area contributed by atoms with Gasteiger partial charge in [-0.25, -0.2) is 0 Å². The Labute approximate surface area is 69.2 Å². The van der Waals surface area contributed by atoms with Crippen molar-refractivity contribution in [1.29, 1.82) is 0 Å². The van der Waals surface area contributed by atoms with Gasteiger partial charge in [0, 0.05) is 5.41 Å². The van der Waals surface area contributed by atoms with Gasteiger partial charge in [0.2, 0.25) is 0 Å². The van der Waals surface area contributed by atoms with Gasteiger partial charge in [0.25, 0.3) is 0 Å². The molecule has 0 saturated carbocycles. The van der Waals surface area contributed by atoms with E-state index < -0.39 is 0 Å².